The number of halogens is 1. The van der Waals surface area contributed by atoms with E-state index in [9.17, 15) is 14.3 Å². The SMILES string of the molecule is Cc1nc(COc2ccc(F)cc2)sc1C(=O)Nc1ccccc1O. The van der Waals surface area contributed by atoms with Crippen molar-refractivity contribution in [3.05, 3.63) is 69.9 Å². The van der Waals surface area contributed by atoms with E-state index >= 15 is 0 Å². The van der Waals surface area contributed by atoms with E-state index in [0.29, 0.717) is 27.0 Å². The molecular weight excluding hydrogens is 343 g/mol. The van der Waals surface area contributed by atoms with Crippen LogP contribution in [0.25, 0.3) is 0 Å². The number of nitrogens with one attached hydrogen (secondary N) is 1. The molecule has 5 nitrogen and oxygen atoms in total. The molecule has 0 spiro atoms. The van der Waals surface area contributed by atoms with Gasteiger partial charge in [-0.1, -0.05) is 12.1 Å². The first-order valence-corrected chi connectivity index (χ1v) is 8.28. The van der Waals surface area contributed by atoms with Gasteiger partial charge in [0.05, 0.1) is 11.4 Å². The van der Waals surface area contributed by atoms with Gasteiger partial charge in [-0.2, -0.15) is 0 Å². The Morgan fingerprint density at radius 1 is 1.24 bits per heavy atom. The van der Waals surface area contributed by atoms with Crippen molar-refractivity contribution in [1.82, 2.24) is 4.98 Å². The van der Waals surface area contributed by atoms with Gasteiger partial charge in [0, 0.05) is 0 Å². The second kappa shape index (κ2) is 7.31. The van der Waals surface area contributed by atoms with Crippen LogP contribution in [-0.4, -0.2) is 16.0 Å². The minimum atomic E-state index is -0.343. The number of nitrogens with zero attached hydrogens (tertiary/aromatic N) is 1. The molecule has 0 saturated carbocycles. The average Bonchev–Trinajstić information content (AvgIpc) is 2.97. The summed E-state index contributed by atoms with van der Waals surface area (Å²) in [5.41, 5.74) is 0.917. The molecular formula is C18H15FN2O3S. The fraction of sp³-hybridized carbons (Fsp3) is 0.111. The number of ether oxygens (including phenoxy) is 1. The van der Waals surface area contributed by atoms with E-state index in [1.807, 2.05) is 0 Å². The van der Waals surface area contributed by atoms with Gasteiger partial charge >= 0.3 is 0 Å². The third kappa shape index (κ3) is 4.13. The summed E-state index contributed by atoms with van der Waals surface area (Å²) in [5.74, 6) is -0.155. The molecule has 3 rings (SSSR count). The molecule has 2 aromatic carbocycles. The number of anilines is 1. The van der Waals surface area contributed by atoms with Crippen LogP contribution in [0.4, 0.5) is 10.1 Å². The largest absolute Gasteiger partial charge is 0.506 e. The predicted octanol–water partition coefficient (Wildman–Crippen LogP) is 4.13. The number of carbonyl (C=O) groups excluding carboxylic acids is 1. The molecule has 7 heteroatoms. The van der Waals surface area contributed by atoms with Crippen LogP contribution in [0.15, 0.2) is 48.5 Å². The molecule has 128 valence electrons. The molecule has 0 unspecified atom stereocenters. The molecule has 0 aliphatic rings. The van der Waals surface area contributed by atoms with E-state index in [1.54, 1.807) is 25.1 Å². The van der Waals surface area contributed by atoms with Crippen molar-refractivity contribution in [3.8, 4) is 11.5 Å². The normalized spacial score (nSPS) is 10.5. The van der Waals surface area contributed by atoms with Gasteiger partial charge in [0.25, 0.3) is 5.91 Å². The Morgan fingerprint density at radius 2 is 1.96 bits per heavy atom. The van der Waals surface area contributed by atoms with Crippen LogP contribution < -0.4 is 10.1 Å². The van der Waals surface area contributed by atoms with E-state index < -0.39 is 0 Å². The molecule has 1 aromatic heterocycles. The maximum absolute atomic E-state index is 12.9. The third-order valence-corrected chi connectivity index (χ3v) is 4.51. The molecule has 0 fully saturated rings. The summed E-state index contributed by atoms with van der Waals surface area (Å²) < 4.78 is 18.4. The monoisotopic (exact) mass is 358 g/mol. The summed E-state index contributed by atoms with van der Waals surface area (Å²) >= 11 is 1.21. The fourth-order valence-corrected chi connectivity index (χ4v) is 3.03. The number of benzene rings is 2. The molecule has 0 atom stereocenters. The summed E-state index contributed by atoms with van der Waals surface area (Å²) in [7, 11) is 0. The summed E-state index contributed by atoms with van der Waals surface area (Å²) in [4.78, 5) is 17.1. The minimum Gasteiger partial charge on any atom is -0.506 e. The van der Waals surface area contributed by atoms with Crippen LogP contribution in [0, 0.1) is 12.7 Å². The van der Waals surface area contributed by atoms with Crippen LogP contribution in [0.2, 0.25) is 0 Å². The Morgan fingerprint density at radius 3 is 2.68 bits per heavy atom. The first-order valence-electron chi connectivity index (χ1n) is 7.47. The van der Waals surface area contributed by atoms with Gasteiger partial charge < -0.3 is 15.2 Å². The highest BCUT2D eigenvalue weighted by Crippen LogP contribution is 2.25. The van der Waals surface area contributed by atoms with Crippen molar-refractivity contribution < 1.29 is 19.0 Å². The lowest BCUT2D eigenvalue weighted by molar-refractivity contribution is 0.102. The Kier molecular flexibility index (Phi) is 4.95. The summed E-state index contributed by atoms with van der Waals surface area (Å²) in [6, 6.07) is 12.2. The molecule has 0 radical (unpaired) electrons. The smallest absolute Gasteiger partial charge is 0.267 e. The van der Waals surface area contributed by atoms with Gasteiger partial charge in [0.1, 0.15) is 33.8 Å². The first kappa shape index (κ1) is 16.9. The number of phenolic OH excluding ortho intramolecular Hbond substituents is 1. The van der Waals surface area contributed by atoms with Crippen molar-refractivity contribution in [2.45, 2.75) is 13.5 Å². The van der Waals surface area contributed by atoms with Crippen molar-refractivity contribution in [1.29, 1.82) is 0 Å². The van der Waals surface area contributed by atoms with Crippen molar-refractivity contribution >= 4 is 22.9 Å². The van der Waals surface area contributed by atoms with Crippen LogP contribution in [0.5, 0.6) is 11.5 Å². The number of rotatable bonds is 5. The number of hydrogen-bond donors (Lipinski definition) is 2. The number of aryl methyl sites for hydroxylation is 1. The summed E-state index contributed by atoms with van der Waals surface area (Å²) in [6.45, 7) is 1.92. The Bertz CT molecular complexity index is 894. The highest BCUT2D eigenvalue weighted by atomic mass is 32.1. The number of hydrogen-bond acceptors (Lipinski definition) is 5. The topological polar surface area (TPSA) is 71.5 Å². The molecule has 0 saturated heterocycles. The summed E-state index contributed by atoms with van der Waals surface area (Å²) in [5, 5.41) is 13.0. The second-order valence-electron chi connectivity index (χ2n) is 5.24. The highest BCUT2D eigenvalue weighted by molar-refractivity contribution is 7.13. The van der Waals surface area contributed by atoms with Crippen molar-refractivity contribution in [3.63, 3.8) is 0 Å². The maximum atomic E-state index is 12.9. The van der Waals surface area contributed by atoms with Gasteiger partial charge in [-0.25, -0.2) is 9.37 Å². The second-order valence-corrected chi connectivity index (χ2v) is 6.32. The Balaban J connectivity index is 1.68. The van der Waals surface area contributed by atoms with Crippen molar-refractivity contribution in [2.24, 2.45) is 0 Å². The first-order chi connectivity index (χ1) is 12.0. The molecule has 25 heavy (non-hydrogen) atoms. The number of phenols is 1. The highest BCUT2D eigenvalue weighted by Gasteiger charge is 2.17. The predicted molar refractivity (Wildman–Crippen MR) is 93.6 cm³/mol. The Labute approximate surface area is 147 Å². The zero-order chi connectivity index (χ0) is 17.8. The van der Waals surface area contributed by atoms with Crippen molar-refractivity contribution in [2.75, 3.05) is 5.32 Å². The minimum absolute atomic E-state index is 0.00196. The number of carbonyl (C=O) groups is 1. The third-order valence-electron chi connectivity index (χ3n) is 3.38. The molecule has 0 bridgehead atoms. The number of aromatic hydroxyl groups is 1. The molecule has 0 aliphatic carbocycles. The lowest BCUT2D eigenvalue weighted by Gasteiger charge is -2.05. The Hall–Kier alpha value is -2.93. The van der Waals surface area contributed by atoms with E-state index in [1.165, 1.54) is 41.7 Å². The number of para-hydroxylation sites is 2. The maximum Gasteiger partial charge on any atom is 0.267 e. The van der Waals surface area contributed by atoms with Crippen LogP contribution in [-0.2, 0) is 6.61 Å². The summed E-state index contributed by atoms with van der Waals surface area (Å²) in [6.07, 6.45) is 0. The lowest BCUT2D eigenvalue weighted by atomic mass is 10.3. The van der Waals surface area contributed by atoms with Gasteiger partial charge in [-0.15, -0.1) is 11.3 Å². The van der Waals surface area contributed by atoms with Gasteiger partial charge in [-0.3, -0.25) is 4.79 Å². The van der Waals surface area contributed by atoms with E-state index in [4.69, 9.17) is 4.74 Å². The lowest BCUT2D eigenvalue weighted by Crippen LogP contribution is -2.11. The van der Waals surface area contributed by atoms with Crippen LogP contribution in [0.1, 0.15) is 20.4 Å². The number of aromatic nitrogens is 1. The molecule has 0 aliphatic heterocycles. The van der Waals surface area contributed by atoms with Gasteiger partial charge in [-0.05, 0) is 43.3 Å². The standard InChI is InChI=1S/C18H15FN2O3S/c1-11-17(18(23)21-14-4-2-3-5-15(14)22)25-16(20-11)10-24-13-8-6-12(19)7-9-13/h2-9,22H,10H2,1H3,(H,21,23). The van der Waals surface area contributed by atoms with Crippen LogP contribution >= 0.6 is 11.3 Å². The van der Waals surface area contributed by atoms with Gasteiger partial charge in [0.15, 0.2) is 0 Å². The quantitative estimate of drug-likeness (QED) is 0.673. The van der Waals surface area contributed by atoms with Crippen LogP contribution in [0.3, 0.4) is 0 Å². The van der Waals surface area contributed by atoms with E-state index in [0.717, 1.165) is 0 Å². The fourth-order valence-electron chi connectivity index (χ4n) is 2.16. The molecule has 1 heterocycles. The molecule has 1 amide bonds. The zero-order valence-electron chi connectivity index (χ0n) is 13.3. The number of thiazole rings is 1. The number of amides is 1. The van der Waals surface area contributed by atoms with E-state index in [-0.39, 0.29) is 24.1 Å². The van der Waals surface area contributed by atoms with Gasteiger partial charge in [0.2, 0.25) is 0 Å². The zero-order valence-corrected chi connectivity index (χ0v) is 14.1. The van der Waals surface area contributed by atoms with E-state index in [2.05, 4.69) is 10.3 Å². The molecule has 2 N–H and O–H groups in total. The average molecular weight is 358 g/mol. The molecule has 3 aromatic rings.